The lowest BCUT2D eigenvalue weighted by Crippen LogP contribution is -2.48. The van der Waals surface area contributed by atoms with E-state index in [4.69, 9.17) is 9.72 Å². The minimum absolute atomic E-state index is 0. The molecule has 1 aromatic heterocycles. The molecule has 0 aliphatic carbocycles. The molecule has 1 fully saturated rings. The molecule has 0 bridgehead atoms. The summed E-state index contributed by atoms with van der Waals surface area (Å²) in [5.41, 5.74) is 1.94. The molecule has 1 saturated heterocycles. The summed E-state index contributed by atoms with van der Waals surface area (Å²) in [5.74, 6) is 0.571. The van der Waals surface area contributed by atoms with Crippen LogP contribution in [0.5, 0.6) is 5.75 Å². The number of carbonyl (C=O) groups is 1. The normalized spacial score (nSPS) is 14.0. The average molecular weight is 616 g/mol. The van der Waals surface area contributed by atoms with Gasteiger partial charge in [0.15, 0.2) is 5.13 Å². The van der Waals surface area contributed by atoms with Crippen LogP contribution in [0.4, 0.5) is 10.8 Å². The SMILES string of the molecule is CCN(c1ccccc1)S(=O)(=O)c1ccc(C(=O)NCCN2CCN(c3nc4c(OC)cccc4s3)CC2)cc1.Cl. The molecule has 5 rings (SSSR count). The van der Waals surface area contributed by atoms with Crippen molar-refractivity contribution in [2.45, 2.75) is 11.8 Å². The molecule has 1 amide bonds. The van der Waals surface area contributed by atoms with Crippen LogP contribution in [0.15, 0.2) is 77.7 Å². The summed E-state index contributed by atoms with van der Waals surface area (Å²) >= 11 is 1.68. The predicted molar refractivity (Wildman–Crippen MR) is 167 cm³/mol. The van der Waals surface area contributed by atoms with Crippen molar-refractivity contribution < 1.29 is 17.9 Å². The third-order valence-electron chi connectivity index (χ3n) is 6.98. The van der Waals surface area contributed by atoms with E-state index in [0.29, 0.717) is 24.3 Å². The lowest BCUT2D eigenvalue weighted by atomic mass is 10.2. The number of carbonyl (C=O) groups excluding carboxylic acids is 1. The monoisotopic (exact) mass is 615 g/mol. The lowest BCUT2D eigenvalue weighted by Gasteiger charge is -2.34. The predicted octanol–water partition coefficient (Wildman–Crippen LogP) is 4.49. The highest BCUT2D eigenvalue weighted by Gasteiger charge is 2.24. The molecule has 2 heterocycles. The second-order valence-electron chi connectivity index (χ2n) is 9.42. The molecule has 0 saturated carbocycles. The number of aromatic nitrogens is 1. The van der Waals surface area contributed by atoms with E-state index in [1.165, 1.54) is 16.4 Å². The molecule has 4 aromatic rings. The van der Waals surface area contributed by atoms with Gasteiger partial charge in [0, 0.05) is 51.4 Å². The smallest absolute Gasteiger partial charge is 0.264 e. The number of piperazine rings is 1. The zero-order chi connectivity index (χ0) is 28.1. The summed E-state index contributed by atoms with van der Waals surface area (Å²) in [4.78, 5) is 22.3. The zero-order valence-electron chi connectivity index (χ0n) is 23.0. The Morgan fingerprint density at radius 1 is 1.00 bits per heavy atom. The zero-order valence-corrected chi connectivity index (χ0v) is 25.5. The van der Waals surface area contributed by atoms with Crippen LogP contribution in [0.3, 0.4) is 0 Å². The summed E-state index contributed by atoms with van der Waals surface area (Å²) in [6.07, 6.45) is 0. The summed E-state index contributed by atoms with van der Waals surface area (Å²) in [5, 5.41) is 3.96. The summed E-state index contributed by atoms with van der Waals surface area (Å²) in [7, 11) is -2.07. The Bertz CT molecular complexity index is 1560. The van der Waals surface area contributed by atoms with Gasteiger partial charge in [-0.3, -0.25) is 14.0 Å². The van der Waals surface area contributed by atoms with Gasteiger partial charge < -0.3 is 15.0 Å². The fourth-order valence-corrected chi connectivity index (χ4v) is 7.30. The topological polar surface area (TPSA) is 95.1 Å². The number of hydrogen-bond donors (Lipinski definition) is 1. The molecule has 41 heavy (non-hydrogen) atoms. The number of benzene rings is 3. The van der Waals surface area contributed by atoms with E-state index in [1.54, 1.807) is 61.8 Å². The summed E-state index contributed by atoms with van der Waals surface area (Å²) in [6, 6.07) is 21.1. The van der Waals surface area contributed by atoms with E-state index >= 15 is 0 Å². The number of halogens is 1. The van der Waals surface area contributed by atoms with Crippen LogP contribution < -0.4 is 19.3 Å². The second kappa shape index (κ2) is 13.5. The maximum Gasteiger partial charge on any atom is 0.264 e. The highest BCUT2D eigenvalue weighted by atomic mass is 35.5. The third-order valence-corrected chi connectivity index (χ3v) is 9.98. The summed E-state index contributed by atoms with van der Waals surface area (Å²) < 4.78 is 34.3. The molecule has 1 N–H and O–H groups in total. The highest BCUT2D eigenvalue weighted by molar-refractivity contribution is 7.92. The number of hydrogen-bond acceptors (Lipinski definition) is 8. The number of nitrogens with one attached hydrogen (secondary N) is 1. The molecule has 1 aliphatic rings. The van der Waals surface area contributed by atoms with Gasteiger partial charge in [0.1, 0.15) is 11.3 Å². The molecule has 218 valence electrons. The number of rotatable bonds is 10. The van der Waals surface area contributed by atoms with Crippen molar-refractivity contribution in [1.82, 2.24) is 15.2 Å². The molecule has 3 aromatic carbocycles. The van der Waals surface area contributed by atoms with Crippen LogP contribution >= 0.6 is 23.7 Å². The highest BCUT2D eigenvalue weighted by Crippen LogP contribution is 2.34. The average Bonchev–Trinajstić information content (AvgIpc) is 3.43. The van der Waals surface area contributed by atoms with Gasteiger partial charge in [0.05, 0.1) is 22.4 Å². The fraction of sp³-hybridized carbons (Fsp3) is 0.310. The van der Waals surface area contributed by atoms with E-state index in [0.717, 1.165) is 53.8 Å². The number of amides is 1. The quantitative estimate of drug-likeness (QED) is 0.281. The van der Waals surface area contributed by atoms with Crippen molar-refractivity contribution in [2.75, 3.05) is 62.1 Å². The second-order valence-corrected chi connectivity index (χ2v) is 12.3. The van der Waals surface area contributed by atoms with Gasteiger partial charge in [0.25, 0.3) is 15.9 Å². The number of fused-ring (bicyclic) bond motifs is 1. The van der Waals surface area contributed by atoms with Crippen molar-refractivity contribution in [3.8, 4) is 5.75 Å². The van der Waals surface area contributed by atoms with Crippen LogP contribution in [0.25, 0.3) is 10.2 Å². The Kier molecular flexibility index (Phi) is 10.1. The number of sulfonamides is 1. The Labute approximate surface area is 251 Å². The first-order valence-corrected chi connectivity index (χ1v) is 15.5. The van der Waals surface area contributed by atoms with Crippen molar-refractivity contribution in [3.05, 3.63) is 78.4 Å². The van der Waals surface area contributed by atoms with E-state index in [-0.39, 0.29) is 23.2 Å². The molecule has 0 radical (unpaired) electrons. The first-order chi connectivity index (χ1) is 19.4. The number of thiazole rings is 1. The molecule has 1 aliphatic heterocycles. The molecule has 12 heteroatoms. The van der Waals surface area contributed by atoms with E-state index in [9.17, 15) is 13.2 Å². The molecular formula is C29H34ClN5O4S2. The Morgan fingerprint density at radius 2 is 1.71 bits per heavy atom. The maximum atomic E-state index is 13.2. The van der Waals surface area contributed by atoms with Gasteiger partial charge in [-0.05, 0) is 55.5 Å². The maximum absolute atomic E-state index is 13.2. The third kappa shape index (κ3) is 6.75. The van der Waals surface area contributed by atoms with Gasteiger partial charge in [-0.15, -0.1) is 12.4 Å². The standard InChI is InChI=1S/C29H33N5O4S2.ClH/c1-3-34(23-8-5-4-6-9-23)40(36,37)24-14-12-22(13-15-24)28(35)30-16-17-32-18-20-33(21-19-32)29-31-27-25(38-2)10-7-11-26(27)39-29;/h4-15H,3,16-21H2,1-2H3,(H,30,35);1H. The van der Waals surface area contributed by atoms with Crippen molar-refractivity contribution in [2.24, 2.45) is 0 Å². The van der Waals surface area contributed by atoms with Crippen molar-refractivity contribution in [1.29, 1.82) is 0 Å². The molecule has 9 nitrogen and oxygen atoms in total. The van der Waals surface area contributed by atoms with E-state index in [2.05, 4.69) is 21.2 Å². The number of nitrogens with zero attached hydrogens (tertiary/aromatic N) is 4. The van der Waals surface area contributed by atoms with E-state index in [1.807, 2.05) is 18.2 Å². The lowest BCUT2D eigenvalue weighted by molar-refractivity contribution is 0.0947. The Morgan fingerprint density at radius 3 is 2.37 bits per heavy atom. The molecule has 0 spiro atoms. The number of para-hydroxylation sites is 2. The summed E-state index contributed by atoms with van der Waals surface area (Å²) in [6.45, 7) is 6.84. The molecular weight excluding hydrogens is 582 g/mol. The minimum atomic E-state index is -3.73. The van der Waals surface area contributed by atoms with Crippen LogP contribution in [0.2, 0.25) is 0 Å². The first kappa shape index (κ1) is 30.6. The fourth-order valence-electron chi connectivity index (χ4n) is 4.79. The van der Waals surface area contributed by atoms with E-state index < -0.39 is 10.0 Å². The van der Waals surface area contributed by atoms with Gasteiger partial charge >= 0.3 is 0 Å². The Balaban J connectivity index is 0.00000387. The van der Waals surface area contributed by atoms with Gasteiger partial charge in [0.2, 0.25) is 0 Å². The number of anilines is 2. The van der Waals surface area contributed by atoms with Crippen molar-refractivity contribution >= 4 is 60.7 Å². The van der Waals surface area contributed by atoms with Crippen LogP contribution in [-0.4, -0.2) is 77.1 Å². The van der Waals surface area contributed by atoms with Crippen LogP contribution in [0, 0.1) is 0 Å². The van der Waals surface area contributed by atoms with Crippen LogP contribution in [0.1, 0.15) is 17.3 Å². The minimum Gasteiger partial charge on any atom is -0.494 e. The first-order valence-electron chi connectivity index (χ1n) is 13.3. The number of methoxy groups -OCH3 is 1. The van der Waals surface area contributed by atoms with Gasteiger partial charge in [-0.1, -0.05) is 35.6 Å². The molecule has 0 unspecified atom stereocenters. The number of ether oxygens (including phenoxy) is 1. The van der Waals surface area contributed by atoms with Gasteiger partial charge in [-0.25, -0.2) is 13.4 Å². The van der Waals surface area contributed by atoms with Crippen molar-refractivity contribution in [3.63, 3.8) is 0 Å². The molecule has 0 atom stereocenters. The van der Waals surface area contributed by atoms with Gasteiger partial charge in [-0.2, -0.15) is 0 Å². The largest absolute Gasteiger partial charge is 0.494 e. The Hall–Kier alpha value is -3.38. The van der Waals surface area contributed by atoms with Crippen LogP contribution in [-0.2, 0) is 10.0 Å².